The van der Waals surface area contributed by atoms with E-state index in [1.54, 1.807) is 0 Å². The summed E-state index contributed by atoms with van der Waals surface area (Å²) >= 11 is 2.95. The van der Waals surface area contributed by atoms with Crippen molar-refractivity contribution in [3.05, 3.63) is 26.2 Å². The summed E-state index contributed by atoms with van der Waals surface area (Å²) in [6.07, 6.45) is 0.324. The zero-order chi connectivity index (χ0) is 11.6. The van der Waals surface area contributed by atoms with Gasteiger partial charge in [0.15, 0.2) is 12.0 Å². The third-order valence-electron chi connectivity index (χ3n) is 1.73. The minimum absolute atomic E-state index is 0.159. The minimum Gasteiger partial charge on any atom is -0.503 e. The number of aldehydes is 1. The van der Waals surface area contributed by atoms with Crippen molar-refractivity contribution in [3.8, 4) is 11.5 Å². The highest BCUT2D eigenvalue weighted by Crippen LogP contribution is 2.43. The van der Waals surface area contributed by atoms with Crippen LogP contribution >= 0.6 is 15.9 Å². The third-order valence-corrected chi connectivity index (χ3v) is 2.33. The highest BCUT2D eigenvalue weighted by molar-refractivity contribution is 9.10. The third kappa shape index (κ3) is 1.91. The monoisotopic (exact) mass is 275 g/mol. The van der Waals surface area contributed by atoms with Crippen molar-refractivity contribution in [1.29, 1.82) is 0 Å². The molecular formula is C8H6BrNO5. The average molecular weight is 276 g/mol. The van der Waals surface area contributed by atoms with Crippen LogP contribution in [0.5, 0.6) is 11.5 Å². The van der Waals surface area contributed by atoms with E-state index < -0.39 is 16.4 Å². The smallest absolute Gasteiger partial charge is 0.325 e. The zero-order valence-corrected chi connectivity index (χ0v) is 9.15. The van der Waals surface area contributed by atoms with E-state index in [9.17, 15) is 20.0 Å². The summed E-state index contributed by atoms with van der Waals surface area (Å²) in [7, 11) is 1.17. The molecule has 6 nitrogen and oxygen atoms in total. The van der Waals surface area contributed by atoms with E-state index in [1.165, 1.54) is 7.11 Å². The lowest BCUT2D eigenvalue weighted by Gasteiger charge is -2.07. The van der Waals surface area contributed by atoms with Gasteiger partial charge in [-0.2, -0.15) is 0 Å². The molecule has 0 aliphatic rings. The molecule has 1 aromatic rings. The first-order valence-corrected chi connectivity index (χ1v) is 4.51. The van der Waals surface area contributed by atoms with Gasteiger partial charge in [-0.05, 0) is 22.0 Å². The van der Waals surface area contributed by atoms with Crippen LogP contribution in [-0.2, 0) is 0 Å². The standard InChI is InChI=1S/C8H6BrNO5/c1-15-8-6(10(13)14)4(3-11)2-5(9)7(8)12/h2-3,12H,1H3. The number of hydrogen-bond acceptors (Lipinski definition) is 5. The van der Waals surface area contributed by atoms with Crippen LogP contribution in [0.4, 0.5) is 5.69 Å². The Morgan fingerprint density at radius 3 is 2.67 bits per heavy atom. The van der Waals surface area contributed by atoms with Crippen LogP contribution in [0.25, 0.3) is 0 Å². The van der Waals surface area contributed by atoms with Crippen LogP contribution < -0.4 is 4.74 Å². The summed E-state index contributed by atoms with van der Waals surface area (Å²) in [4.78, 5) is 20.5. The van der Waals surface area contributed by atoms with Crippen molar-refractivity contribution in [3.63, 3.8) is 0 Å². The number of aromatic hydroxyl groups is 1. The summed E-state index contributed by atoms with van der Waals surface area (Å²) in [5.74, 6) is -0.744. The van der Waals surface area contributed by atoms with Crippen LogP contribution in [0, 0.1) is 10.1 Å². The van der Waals surface area contributed by atoms with Gasteiger partial charge in [-0.25, -0.2) is 0 Å². The Kier molecular flexibility index (Phi) is 3.25. The Morgan fingerprint density at radius 2 is 2.27 bits per heavy atom. The van der Waals surface area contributed by atoms with Gasteiger partial charge in [-0.3, -0.25) is 14.9 Å². The zero-order valence-electron chi connectivity index (χ0n) is 7.56. The maximum Gasteiger partial charge on any atom is 0.325 e. The first kappa shape index (κ1) is 11.4. The molecule has 0 aromatic heterocycles. The second kappa shape index (κ2) is 4.26. The number of phenols is 1. The Hall–Kier alpha value is -1.63. The van der Waals surface area contributed by atoms with E-state index in [0.29, 0.717) is 6.29 Å². The summed E-state index contributed by atoms with van der Waals surface area (Å²) in [6, 6.07) is 1.16. The van der Waals surface area contributed by atoms with E-state index >= 15 is 0 Å². The number of nitrogens with zero attached hydrogens (tertiary/aromatic N) is 1. The van der Waals surface area contributed by atoms with Gasteiger partial charge in [0.05, 0.1) is 22.1 Å². The summed E-state index contributed by atoms with van der Waals surface area (Å²) in [5.41, 5.74) is -0.713. The van der Waals surface area contributed by atoms with Gasteiger partial charge < -0.3 is 9.84 Å². The first-order valence-electron chi connectivity index (χ1n) is 3.72. The number of rotatable bonds is 3. The molecule has 0 saturated heterocycles. The fraction of sp³-hybridized carbons (Fsp3) is 0.125. The molecule has 0 unspecified atom stereocenters. The number of carbonyl (C=O) groups is 1. The normalized spacial score (nSPS) is 9.73. The molecule has 0 aliphatic heterocycles. The van der Waals surface area contributed by atoms with Crippen LogP contribution in [0.3, 0.4) is 0 Å². The minimum atomic E-state index is -0.783. The van der Waals surface area contributed by atoms with Crippen molar-refractivity contribution in [2.24, 2.45) is 0 Å². The van der Waals surface area contributed by atoms with Crippen molar-refractivity contribution in [1.82, 2.24) is 0 Å². The number of methoxy groups -OCH3 is 1. The topological polar surface area (TPSA) is 89.7 Å². The predicted octanol–water partition coefficient (Wildman–Crippen LogP) is 1.88. The molecule has 0 aliphatic carbocycles. The molecule has 0 bridgehead atoms. The second-order valence-electron chi connectivity index (χ2n) is 2.55. The van der Waals surface area contributed by atoms with Crippen LogP contribution in [0.15, 0.2) is 10.5 Å². The largest absolute Gasteiger partial charge is 0.503 e. The van der Waals surface area contributed by atoms with E-state index in [1.807, 2.05) is 0 Å². The molecular weight excluding hydrogens is 270 g/mol. The lowest BCUT2D eigenvalue weighted by molar-refractivity contribution is -0.386. The Labute approximate surface area is 92.8 Å². The Balaban J connectivity index is 3.64. The van der Waals surface area contributed by atoms with Crippen molar-refractivity contribution >= 4 is 27.9 Å². The highest BCUT2D eigenvalue weighted by atomic mass is 79.9. The molecule has 0 radical (unpaired) electrons. The lowest BCUT2D eigenvalue weighted by Crippen LogP contribution is -1.99. The molecule has 0 saturated carbocycles. The number of nitro benzene ring substituents is 1. The molecule has 15 heavy (non-hydrogen) atoms. The number of phenolic OH excluding ortho intramolecular Hbond substituents is 1. The van der Waals surface area contributed by atoms with Gasteiger partial charge in [0.2, 0.25) is 5.75 Å². The van der Waals surface area contributed by atoms with Gasteiger partial charge in [-0.1, -0.05) is 0 Å². The maximum atomic E-state index is 10.7. The molecule has 1 rings (SSSR count). The predicted molar refractivity (Wildman–Crippen MR) is 54.4 cm³/mol. The van der Waals surface area contributed by atoms with E-state index in [2.05, 4.69) is 20.7 Å². The molecule has 0 heterocycles. The number of nitro groups is 1. The summed E-state index contributed by atoms with van der Waals surface area (Å²) in [6.45, 7) is 0. The van der Waals surface area contributed by atoms with Crippen LogP contribution in [-0.4, -0.2) is 23.4 Å². The van der Waals surface area contributed by atoms with Crippen molar-refractivity contribution in [2.45, 2.75) is 0 Å². The lowest BCUT2D eigenvalue weighted by atomic mass is 10.1. The second-order valence-corrected chi connectivity index (χ2v) is 3.41. The van der Waals surface area contributed by atoms with Gasteiger partial charge in [0.25, 0.3) is 0 Å². The van der Waals surface area contributed by atoms with E-state index in [0.717, 1.165) is 6.07 Å². The van der Waals surface area contributed by atoms with Gasteiger partial charge >= 0.3 is 5.69 Å². The van der Waals surface area contributed by atoms with Crippen LogP contribution in [0.1, 0.15) is 10.4 Å². The first-order chi connectivity index (χ1) is 7.02. The summed E-state index contributed by atoms with van der Waals surface area (Å²) in [5, 5.41) is 20.1. The summed E-state index contributed by atoms with van der Waals surface area (Å²) < 4.78 is 4.84. The number of carbonyl (C=O) groups excluding carboxylic acids is 1. The number of benzene rings is 1. The molecule has 1 N–H and O–H groups in total. The quantitative estimate of drug-likeness (QED) is 0.517. The fourth-order valence-corrected chi connectivity index (χ4v) is 1.52. The highest BCUT2D eigenvalue weighted by Gasteiger charge is 2.26. The maximum absolute atomic E-state index is 10.7. The molecule has 0 atom stereocenters. The molecule has 1 aromatic carbocycles. The molecule has 0 spiro atoms. The Morgan fingerprint density at radius 1 is 1.67 bits per heavy atom. The van der Waals surface area contributed by atoms with E-state index in [-0.39, 0.29) is 15.8 Å². The SMILES string of the molecule is COc1c(O)c(Br)cc(C=O)c1[N+](=O)[O-]. The number of halogens is 1. The van der Waals surface area contributed by atoms with Gasteiger partial charge in [0.1, 0.15) is 0 Å². The fourth-order valence-electron chi connectivity index (χ4n) is 1.10. The Bertz CT molecular complexity index is 432. The van der Waals surface area contributed by atoms with Crippen LogP contribution in [0.2, 0.25) is 0 Å². The number of hydrogen-bond donors (Lipinski definition) is 1. The van der Waals surface area contributed by atoms with Gasteiger partial charge in [0, 0.05) is 0 Å². The average Bonchev–Trinajstić information content (AvgIpc) is 2.20. The van der Waals surface area contributed by atoms with Crippen molar-refractivity contribution in [2.75, 3.05) is 7.11 Å². The molecule has 0 amide bonds. The van der Waals surface area contributed by atoms with E-state index in [4.69, 9.17) is 0 Å². The molecule has 0 fully saturated rings. The number of ether oxygens (including phenoxy) is 1. The molecule has 80 valence electrons. The van der Waals surface area contributed by atoms with Gasteiger partial charge in [-0.15, -0.1) is 0 Å². The molecule has 7 heteroatoms. The van der Waals surface area contributed by atoms with Crippen molar-refractivity contribution < 1.29 is 19.6 Å².